The maximum Gasteiger partial charge on any atom is 0.131 e. The van der Waals surface area contributed by atoms with Crippen molar-refractivity contribution in [3.05, 3.63) is 62.3 Å². The van der Waals surface area contributed by atoms with E-state index in [-0.39, 0.29) is 13.2 Å². The predicted octanol–water partition coefficient (Wildman–Crippen LogP) is 4.62. The molecule has 0 spiro atoms. The zero-order valence-corrected chi connectivity index (χ0v) is 13.1. The van der Waals surface area contributed by atoms with Crippen LogP contribution < -0.4 is 4.74 Å². The van der Waals surface area contributed by atoms with Crippen LogP contribution in [0.25, 0.3) is 0 Å². The van der Waals surface area contributed by atoms with Crippen molar-refractivity contribution in [2.45, 2.75) is 20.1 Å². The van der Waals surface area contributed by atoms with Gasteiger partial charge in [-0.25, -0.2) is 4.39 Å². The Kier molecular flexibility index (Phi) is 5.02. The topological polar surface area (TPSA) is 29.5 Å². The zero-order chi connectivity index (χ0) is 14.7. The molecule has 2 aromatic rings. The summed E-state index contributed by atoms with van der Waals surface area (Å²) in [5.41, 5.74) is 1.95. The van der Waals surface area contributed by atoms with E-state index in [0.717, 1.165) is 10.0 Å². The van der Waals surface area contributed by atoms with Gasteiger partial charge in [0.25, 0.3) is 0 Å². The van der Waals surface area contributed by atoms with Crippen molar-refractivity contribution < 1.29 is 14.2 Å². The van der Waals surface area contributed by atoms with Gasteiger partial charge < -0.3 is 9.84 Å². The lowest BCUT2D eigenvalue weighted by molar-refractivity contribution is 0.256. The Labute approximate surface area is 130 Å². The molecule has 2 rings (SSSR count). The molecule has 0 amide bonds. The second kappa shape index (κ2) is 6.57. The molecule has 0 heterocycles. The van der Waals surface area contributed by atoms with Crippen LogP contribution in [0.1, 0.15) is 16.7 Å². The third-order valence-corrected chi connectivity index (χ3v) is 3.57. The first-order chi connectivity index (χ1) is 9.51. The number of halogens is 3. The van der Waals surface area contributed by atoms with Crippen LogP contribution in [0.5, 0.6) is 5.75 Å². The monoisotopic (exact) mass is 358 g/mol. The number of hydrogen-bond acceptors (Lipinski definition) is 2. The second-order valence-corrected chi connectivity index (χ2v) is 5.75. The second-order valence-electron chi connectivity index (χ2n) is 4.39. The fourth-order valence-electron chi connectivity index (χ4n) is 1.91. The SMILES string of the molecule is Cc1cc(Br)cc(CO)c1OCc1ccc(Cl)cc1F. The van der Waals surface area contributed by atoms with Crippen LogP contribution in [-0.2, 0) is 13.2 Å². The number of rotatable bonds is 4. The molecule has 0 unspecified atom stereocenters. The number of aliphatic hydroxyl groups is 1. The van der Waals surface area contributed by atoms with E-state index in [1.165, 1.54) is 6.07 Å². The van der Waals surface area contributed by atoms with Crippen LogP contribution in [0.3, 0.4) is 0 Å². The Bertz CT molecular complexity index is 632. The minimum Gasteiger partial charge on any atom is -0.488 e. The van der Waals surface area contributed by atoms with Crippen LogP contribution in [-0.4, -0.2) is 5.11 Å². The van der Waals surface area contributed by atoms with Gasteiger partial charge in [-0.1, -0.05) is 33.6 Å². The summed E-state index contributed by atoms with van der Waals surface area (Å²) in [4.78, 5) is 0. The molecule has 0 saturated carbocycles. The first kappa shape index (κ1) is 15.3. The van der Waals surface area contributed by atoms with Crippen molar-refractivity contribution in [3.63, 3.8) is 0 Å². The summed E-state index contributed by atoms with van der Waals surface area (Å²) in [5, 5.41) is 9.71. The summed E-state index contributed by atoms with van der Waals surface area (Å²) in [6, 6.07) is 8.12. The molecular formula is C15H13BrClFO2. The molecule has 0 aromatic heterocycles. The molecule has 5 heteroatoms. The summed E-state index contributed by atoms with van der Waals surface area (Å²) in [7, 11) is 0. The smallest absolute Gasteiger partial charge is 0.131 e. The van der Waals surface area contributed by atoms with E-state index < -0.39 is 5.82 Å². The van der Waals surface area contributed by atoms with Gasteiger partial charge in [0.1, 0.15) is 18.2 Å². The predicted molar refractivity (Wildman–Crippen MR) is 80.5 cm³/mol. The van der Waals surface area contributed by atoms with E-state index in [0.29, 0.717) is 21.9 Å². The van der Waals surface area contributed by atoms with E-state index in [9.17, 15) is 9.50 Å². The number of ether oxygens (including phenoxy) is 1. The maximum absolute atomic E-state index is 13.7. The van der Waals surface area contributed by atoms with Crippen molar-refractivity contribution in [1.29, 1.82) is 0 Å². The van der Waals surface area contributed by atoms with Crippen molar-refractivity contribution >= 4 is 27.5 Å². The lowest BCUT2D eigenvalue weighted by Gasteiger charge is -2.14. The third kappa shape index (κ3) is 3.51. The fraction of sp³-hybridized carbons (Fsp3) is 0.200. The molecule has 2 aromatic carbocycles. The fourth-order valence-corrected chi connectivity index (χ4v) is 2.69. The van der Waals surface area contributed by atoms with Gasteiger partial charge in [0, 0.05) is 20.6 Å². The van der Waals surface area contributed by atoms with Gasteiger partial charge in [-0.2, -0.15) is 0 Å². The molecular weight excluding hydrogens is 347 g/mol. The Morgan fingerprint density at radius 3 is 2.65 bits per heavy atom. The van der Waals surface area contributed by atoms with Crippen LogP contribution >= 0.6 is 27.5 Å². The zero-order valence-electron chi connectivity index (χ0n) is 10.8. The minimum absolute atomic E-state index is 0.0818. The molecule has 106 valence electrons. The largest absolute Gasteiger partial charge is 0.488 e. The van der Waals surface area contributed by atoms with E-state index in [2.05, 4.69) is 15.9 Å². The molecule has 20 heavy (non-hydrogen) atoms. The quantitative estimate of drug-likeness (QED) is 0.863. The number of benzene rings is 2. The van der Waals surface area contributed by atoms with Crippen LogP contribution in [0, 0.1) is 12.7 Å². The molecule has 0 aliphatic heterocycles. The first-order valence-corrected chi connectivity index (χ1v) is 7.15. The minimum atomic E-state index is -0.405. The molecule has 0 aliphatic carbocycles. The summed E-state index contributed by atoms with van der Waals surface area (Å²) < 4.78 is 20.2. The lowest BCUT2D eigenvalue weighted by Crippen LogP contribution is -2.02. The van der Waals surface area contributed by atoms with E-state index in [4.69, 9.17) is 16.3 Å². The van der Waals surface area contributed by atoms with Gasteiger partial charge in [0.15, 0.2) is 0 Å². The van der Waals surface area contributed by atoms with Crippen molar-refractivity contribution in [1.82, 2.24) is 0 Å². The molecule has 2 nitrogen and oxygen atoms in total. The van der Waals surface area contributed by atoms with Gasteiger partial charge in [0.2, 0.25) is 0 Å². The highest BCUT2D eigenvalue weighted by atomic mass is 79.9. The van der Waals surface area contributed by atoms with Gasteiger partial charge in [-0.3, -0.25) is 0 Å². The van der Waals surface area contributed by atoms with Crippen LogP contribution in [0.4, 0.5) is 4.39 Å². The average molecular weight is 360 g/mol. The van der Waals surface area contributed by atoms with Crippen LogP contribution in [0.15, 0.2) is 34.8 Å². The molecule has 0 radical (unpaired) electrons. The van der Waals surface area contributed by atoms with Crippen LogP contribution in [0.2, 0.25) is 5.02 Å². The highest BCUT2D eigenvalue weighted by Gasteiger charge is 2.10. The maximum atomic E-state index is 13.7. The summed E-state index contributed by atoms with van der Waals surface area (Å²) in [5.74, 6) is 0.169. The summed E-state index contributed by atoms with van der Waals surface area (Å²) in [6.45, 7) is 1.81. The Morgan fingerprint density at radius 2 is 2.00 bits per heavy atom. The van der Waals surface area contributed by atoms with E-state index in [1.54, 1.807) is 18.2 Å². The molecule has 1 N–H and O–H groups in total. The standard InChI is InChI=1S/C15H13BrClFO2/c1-9-4-12(16)5-11(7-19)15(9)20-8-10-2-3-13(17)6-14(10)18/h2-6,19H,7-8H2,1H3. The number of aliphatic hydroxyl groups excluding tert-OH is 1. The first-order valence-electron chi connectivity index (χ1n) is 5.98. The number of aryl methyl sites for hydroxylation is 1. The molecule has 0 fully saturated rings. The van der Waals surface area contributed by atoms with Crippen molar-refractivity contribution in [2.24, 2.45) is 0 Å². The van der Waals surface area contributed by atoms with Crippen molar-refractivity contribution in [3.8, 4) is 5.75 Å². The Hall–Kier alpha value is -1.10. The van der Waals surface area contributed by atoms with Gasteiger partial charge in [0.05, 0.1) is 6.61 Å². The normalized spacial score (nSPS) is 10.7. The highest BCUT2D eigenvalue weighted by Crippen LogP contribution is 2.29. The number of hydrogen-bond donors (Lipinski definition) is 1. The summed E-state index contributed by atoms with van der Waals surface area (Å²) in [6.07, 6.45) is 0. The van der Waals surface area contributed by atoms with Gasteiger partial charge in [-0.15, -0.1) is 0 Å². The highest BCUT2D eigenvalue weighted by molar-refractivity contribution is 9.10. The Balaban J connectivity index is 2.22. The lowest BCUT2D eigenvalue weighted by atomic mass is 10.1. The molecule has 0 aliphatic rings. The van der Waals surface area contributed by atoms with E-state index >= 15 is 0 Å². The molecule has 0 saturated heterocycles. The molecule has 0 atom stereocenters. The Morgan fingerprint density at radius 1 is 1.25 bits per heavy atom. The molecule has 0 bridgehead atoms. The van der Waals surface area contributed by atoms with Crippen molar-refractivity contribution in [2.75, 3.05) is 0 Å². The summed E-state index contributed by atoms with van der Waals surface area (Å²) >= 11 is 9.07. The third-order valence-electron chi connectivity index (χ3n) is 2.87. The van der Waals surface area contributed by atoms with Gasteiger partial charge >= 0.3 is 0 Å². The van der Waals surface area contributed by atoms with Gasteiger partial charge in [-0.05, 0) is 36.8 Å². The van der Waals surface area contributed by atoms with E-state index in [1.807, 2.05) is 13.0 Å². The average Bonchev–Trinajstić information content (AvgIpc) is 2.38.